The standard InChI is InChI=1S/C14H28O2S2/c1-8-11-14(15,12-9-2)17-16-13(4,10-3)18(5,6)7/h8-9,11-12,15H,10H2,1-7H3. The molecule has 0 radical (unpaired) electrons. The maximum atomic E-state index is 10.4. The van der Waals surface area contributed by atoms with Gasteiger partial charge in [-0.2, -0.15) is 0 Å². The minimum atomic E-state index is -1.08. The second kappa shape index (κ2) is 7.04. The molecule has 0 aromatic rings. The molecule has 1 unspecified atom stereocenters. The average molecular weight is 293 g/mol. The number of rotatable bonds is 7. The predicted molar refractivity (Wildman–Crippen MR) is 87.3 cm³/mol. The minimum Gasteiger partial charge on any atom is -0.370 e. The van der Waals surface area contributed by atoms with Gasteiger partial charge in [0.1, 0.15) is 4.93 Å². The lowest BCUT2D eigenvalue weighted by molar-refractivity contribution is 0.178. The van der Waals surface area contributed by atoms with E-state index in [0.717, 1.165) is 18.5 Å². The van der Waals surface area contributed by atoms with Crippen molar-refractivity contribution in [3.8, 4) is 0 Å². The molecule has 0 fully saturated rings. The van der Waals surface area contributed by atoms with Crippen LogP contribution in [-0.4, -0.2) is 33.7 Å². The van der Waals surface area contributed by atoms with Crippen LogP contribution < -0.4 is 0 Å². The summed E-state index contributed by atoms with van der Waals surface area (Å²) in [5.41, 5.74) is 0. The van der Waals surface area contributed by atoms with E-state index >= 15 is 0 Å². The smallest absolute Gasteiger partial charge is 0.173 e. The first-order valence-corrected chi connectivity index (χ1v) is 9.79. The van der Waals surface area contributed by atoms with Crippen LogP contribution in [0.2, 0.25) is 0 Å². The third-order valence-electron chi connectivity index (χ3n) is 3.10. The van der Waals surface area contributed by atoms with Crippen molar-refractivity contribution in [2.24, 2.45) is 0 Å². The van der Waals surface area contributed by atoms with Crippen molar-refractivity contribution >= 4 is 22.1 Å². The van der Waals surface area contributed by atoms with Crippen LogP contribution in [0.25, 0.3) is 0 Å². The van der Waals surface area contributed by atoms with Crippen LogP contribution in [0.5, 0.6) is 0 Å². The molecule has 0 aliphatic rings. The SMILES string of the molecule is CC=CC(O)(C=CC)SOC(C)(CC)S(C)(C)C. The Kier molecular flexibility index (Phi) is 7.07. The van der Waals surface area contributed by atoms with E-state index in [4.69, 9.17) is 4.18 Å². The summed E-state index contributed by atoms with van der Waals surface area (Å²) in [6, 6.07) is 0. The van der Waals surface area contributed by atoms with Gasteiger partial charge in [0, 0.05) is 12.0 Å². The normalized spacial score (nSPS) is 21.1. The minimum absolute atomic E-state index is 0.200. The van der Waals surface area contributed by atoms with Gasteiger partial charge >= 0.3 is 0 Å². The predicted octanol–water partition coefficient (Wildman–Crippen LogP) is 4.31. The van der Waals surface area contributed by atoms with Crippen molar-refractivity contribution in [2.45, 2.75) is 44.0 Å². The molecular formula is C14H28O2S2. The largest absolute Gasteiger partial charge is 0.370 e. The third kappa shape index (κ3) is 5.00. The van der Waals surface area contributed by atoms with Gasteiger partial charge in [0.25, 0.3) is 0 Å². The quantitative estimate of drug-likeness (QED) is 0.431. The van der Waals surface area contributed by atoms with Gasteiger partial charge in [-0.3, -0.25) is 4.18 Å². The molecule has 0 bridgehead atoms. The Hall–Kier alpha value is 0.1000. The van der Waals surface area contributed by atoms with Crippen LogP contribution in [0, 0.1) is 0 Å². The highest BCUT2D eigenvalue weighted by molar-refractivity contribution is 8.33. The van der Waals surface area contributed by atoms with Crippen LogP contribution >= 0.6 is 22.1 Å². The van der Waals surface area contributed by atoms with E-state index in [9.17, 15) is 5.11 Å². The number of allylic oxidation sites excluding steroid dienone is 2. The Morgan fingerprint density at radius 1 is 1.17 bits per heavy atom. The van der Waals surface area contributed by atoms with Gasteiger partial charge in [0.05, 0.1) is 0 Å². The first-order valence-electron chi connectivity index (χ1n) is 6.19. The molecule has 4 heteroatoms. The van der Waals surface area contributed by atoms with E-state index in [1.54, 1.807) is 12.2 Å². The summed E-state index contributed by atoms with van der Waals surface area (Å²) in [5.74, 6) is 0. The van der Waals surface area contributed by atoms with Gasteiger partial charge < -0.3 is 5.11 Å². The fourth-order valence-electron chi connectivity index (χ4n) is 1.34. The molecule has 0 aliphatic carbocycles. The first kappa shape index (κ1) is 18.1. The molecule has 0 aromatic carbocycles. The number of aliphatic hydroxyl groups is 1. The van der Waals surface area contributed by atoms with Crippen LogP contribution in [0.1, 0.15) is 34.1 Å². The van der Waals surface area contributed by atoms with Crippen LogP contribution in [0.4, 0.5) is 0 Å². The fraction of sp³-hybridized carbons (Fsp3) is 0.714. The Balaban J connectivity index is 4.90. The van der Waals surface area contributed by atoms with Gasteiger partial charge in [-0.25, -0.2) is 10.0 Å². The van der Waals surface area contributed by atoms with Crippen molar-refractivity contribution in [1.82, 2.24) is 0 Å². The Morgan fingerprint density at radius 3 is 1.89 bits per heavy atom. The maximum absolute atomic E-state index is 10.4. The van der Waals surface area contributed by atoms with Gasteiger partial charge in [-0.05, 0) is 58.1 Å². The maximum Gasteiger partial charge on any atom is 0.173 e. The Morgan fingerprint density at radius 2 is 1.61 bits per heavy atom. The third-order valence-corrected chi connectivity index (χ3v) is 7.16. The molecule has 1 atom stereocenters. The fourth-order valence-corrected chi connectivity index (χ4v) is 3.93. The molecule has 2 nitrogen and oxygen atoms in total. The molecule has 18 heavy (non-hydrogen) atoms. The van der Waals surface area contributed by atoms with Crippen molar-refractivity contribution in [3.05, 3.63) is 24.3 Å². The van der Waals surface area contributed by atoms with E-state index < -0.39 is 15.0 Å². The molecular weight excluding hydrogens is 264 g/mol. The zero-order valence-electron chi connectivity index (χ0n) is 12.7. The highest BCUT2D eigenvalue weighted by Gasteiger charge is 2.36. The monoisotopic (exact) mass is 292 g/mol. The highest BCUT2D eigenvalue weighted by Crippen LogP contribution is 2.55. The van der Waals surface area contributed by atoms with Crippen LogP contribution in [0.15, 0.2) is 24.3 Å². The van der Waals surface area contributed by atoms with Crippen molar-refractivity contribution in [2.75, 3.05) is 18.8 Å². The number of hydrogen-bond acceptors (Lipinski definition) is 3. The van der Waals surface area contributed by atoms with E-state index in [1.165, 1.54) is 0 Å². The van der Waals surface area contributed by atoms with E-state index in [0.29, 0.717) is 0 Å². The van der Waals surface area contributed by atoms with Crippen molar-refractivity contribution in [1.29, 1.82) is 0 Å². The lowest BCUT2D eigenvalue weighted by atomic mass is 10.3. The Labute approximate surface area is 118 Å². The van der Waals surface area contributed by atoms with Crippen LogP contribution in [-0.2, 0) is 4.18 Å². The van der Waals surface area contributed by atoms with Crippen molar-refractivity contribution in [3.63, 3.8) is 0 Å². The number of hydrogen-bond donors (Lipinski definition) is 1. The summed E-state index contributed by atoms with van der Waals surface area (Å²) < 4.78 is 6.01. The van der Waals surface area contributed by atoms with Crippen LogP contribution in [0.3, 0.4) is 0 Å². The van der Waals surface area contributed by atoms with E-state index in [2.05, 4.69) is 32.6 Å². The van der Waals surface area contributed by atoms with E-state index in [-0.39, 0.29) is 4.93 Å². The highest BCUT2D eigenvalue weighted by atomic mass is 32.3. The molecule has 0 rings (SSSR count). The molecule has 0 aromatic heterocycles. The van der Waals surface area contributed by atoms with Crippen molar-refractivity contribution < 1.29 is 9.29 Å². The lowest BCUT2D eigenvalue weighted by Gasteiger charge is -2.45. The lowest BCUT2D eigenvalue weighted by Crippen LogP contribution is -2.33. The summed E-state index contributed by atoms with van der Waals surface area (Å²) in [4.78, 5) is -1.28. The average Bonchev–Trinajstić information content (AvgIpc) is 2.25. The second-order valence-corrected chi connectivity index (χ2v) is 10.8. The molecule has 0 saturated heterocycles. The molecule has 0 spiro atoms. The molecule has 0 heterocycles. The molecule has 0 amide bonds. The topological polar surface area (TPSA) is 29.5 Å². The van der Waals surface area contributed by atoms with E-state index in [1.807, 2.05) is 26.0 Å². The summed E-state index contributed by atoms with van der Waals surface area (Å²) in [5, 5.41) is 10.4. The zero-order valence-corrected chi connectivity index (χ0v) is 14.3. The molecule has 0 saturated carbocycles. The Bertz CT molecular complexity index is 293. The van der Waals surface area contributed by atoms with Gasteiger partial charge in [0.2, 0.25) is 0 Å². The van der Waals surface area contributed by atoms with Gasteiger partial charge in [0.15, 0.2) is 4.93 Å². The molecule has 0 aliphatic heterocycles. The summed E-state index contributed by atoms with van der Waals surface area (Å²) in [6.45, 7) is 8.04. The molecule has 108 valence electrons. The summed E-state index contributed by atoms with van der Waals surface area (Å²) in [7, 11) is -0.869. The second-order valence-electron chi connectivity index (χ2n) is 5.24. The zero-order chi connectivity index (χ0) is 14.4. The summed E-state index contributed by atoms with van der Waals surface area (Å²) >= 11 is 1.13. The summed E-state index contributed by atoms with van der Waals surface area (Å²) in [6.07, 6.45) is 14.8. The van der Waals surface area contributed by atoms with Gasteiger partial charge in [-0.15, -0.1) is 0 Å². The van der Waals surface area contributed by atoms with Gasteiger partial charge in [-0.1, -0.05) is 19.1 Å². The first-order chi connectivity index (χ1) is 8.14. The molecule has 1 N–H and O–H groups in total.